The number of aromatic nitrogens is 2. The highest BCUT2D eigenvalue weighted by molar-refractivity contribution is 5.51. The minimum Gasteiger partial charge on any atom is -0.393 e. The van der Waals surface area contributed by atoms with Gasteiger partial charge in [0, 0.05) is 44.0 Å². The van der Waals surface area contributed by atoms with E-state index in [1.807, 2.05) is 6.07 Å². The van der Waals surface area contributed by atoms with E-state index in [0.29, 0.717) is 6.04 Å². The highest BCUT2D eigenvalue weighted by atomic mass is 16.3. The lowest BCUT2D eigenvalue weighted by molar-refractivity contribution is 0.145. The fourth-order valence-corrected chi connectivity index (χ4v) is 4.01. The number of anilines is 3. The molecule has 0 bridgehead atoms. The van der Waals surface area contributed by atoms with Crippen LogP contribution in [-0.2, 0) is 0 Å². The maximum absolute atomic E-state index is 9.69. The third-order valence-corrected chi connectivity index (χ3v) is 5.65. The second-order valence-corrected chi connectivity index (χ2v) is 7.72. The average Bonchev–Trinajstić information content (AvgIpc) is 2.69. The topological polar surface area (TPSA) is 64.5 Å². The van der Waals surface area contributed by atoms with Gasteiger partial charge in [0.05, 0.1) is 6.10 Å². The molecule has 2 saturated heterocycles. The van der Waals surface area contributed by atoms with Gasteiger partial charge in [0.2, 0.25) is 0 Å². The average molecular weight is 367 g/mol. The van der Waals surface area contributed by atoms with Gasteiger partial charge in [-0.25, -0.2) is 9.97 Å². The van der Waals surface area contributed by atoms with Crippen molar-refractivity contribution in [2.45, 2.75) is 44.8 Å². The van der Waals surface area contributed by atoms with Crippen molar-refractivity contribution in [3.05, 3.63) is 42.2 Å². The first kappa shape index (κ1) is 18.0. The molecule has 2 N–H and O–H groups in total. The van der Waals surface area contributed by atoms with Crippen LogP contribution in [0.3, 0.4) is 0 Å². The van der Waals surface area contributed by atoms with Crippen LogP contribution in [-0.4, -0.2) is 53.4 Å². The summed E-state index contributed by atoms with van der Waals surface area (Å²) in [6.45, 7) is 5.97. The summed E-state index contributed by atoms with van der Waals surface area (Å²) in [5.74, 6) is 1.86. The summed E-state index contributed by atoms with van der Waals surface area (Å²) < 4.78 is 0. The van der Waals surface area contributed by atoms with Crippen LogP contribution >= 0.6 is 0 Å². The molecule has 3 heterocycles. The van der Waals surface area contributed by atoms with E-state index in [9.17, 15) is 5.11 Å². The quantitative estimate of drug-likeness (QED) is 0.866. The van der Waals surface area contributed by atoms with Gasteiger partial charge in [0.1, 0.15) is 18.0 Å². The van der Waals surface area contributed by atoms with Crippen LogP contribution in [0.1, 0.15) is 31.2 Å². The van der Waals surface area contributed by atoms with Gasteiger partial charge in [0.15, 0.2) is 0 Å². The Bertz CT molecular complexity index is 752. The van der Waals surface area contributed by atoms with Gasteiger partial charge in [-0.2, -0.15) is 0 Å². The molecule has 4 rings (SSSR count). The molecule has 6 heteroatoms. The Labute approximate surface area is 161 Å². The van der Waals surface area contributed by atoms with Crippen LogP contribution in [0.2, 0.25) is 0 Å². The zero-order valence-electron chi connectivity index (χ0n) is 16.0. The molecule has 0 saturated carbocycles. The molecule has 6 nitrogen and oxygen atoms in total. The van der Waals surface area contributed by atoms with E-state index in [-0.39, 0.29) is 6.10 Å². The zero-order valence-corrected chi connectivity index (χ0v) is 16.0. The molecule has 0 atom stereocenters. The smallest absolute Gasteiger partial charge is 0.134 e. The molecular formula is C21H29N5O. The molecule has 2 fully saturated rings. The molecule has 27 heavy (non-hydrogen) atoms. The number of aliphatic hydroxyl groups excluding tert-OH is 1. The summed E-state index contributed by atoms with van der Waals surface area (Å²) in [5.41, 5.74) is 2.64. The largest absolute Gasteiger partial charge is 0.393 e. The molecule has 0 aliphatic carbocycles. The molecule has 0 unspecified atom stereocenters. The Hall–Kier alpha value is -2.34. The SMILES string of the molecule is Cc1cccc(N2CCC(Nc3cc(N4CCC(O)CC4)ncn3)CC2)c1. The predicted molar refractivity (Wildman–Crippen MR) is 110 cm³/mol. The first-order valence-corrected chi connectivity index (χ1v) is 10.0. The van der Waals surface area contributed by atoms with E-state index in [0.717, 1.165) is 63.5 Å². The number of benzene rings is 1. The van der Waals surface area contributed by atoms with Crippen molar-refractivity contribution in [1.29, 1.82) is 0 Å². The minimum absolute atomic E-state index is 0.167. The van der Waals surface area contributed by atoms with Gasteiger partial charge in [-0.3, -0.25) is 0 Å². The fourth-order valence-electron chi connectivity index (χ4n) is 4.01. The van der Waals surface area contributed by atoms with Gasteiger partial charge in [-0.15, -0.1) is 0 Å². The molecule has 2 aliphatic rings. The molecule has 1 aromatic heterocycles. The van der Waals surface area contributed by atoms with Crippen LogP contribution in [0.25, 0.3) is 0 Å². The Balaban J connectivity index is 1.33. The predicted octanol–water partition coefficient (Wildman–Crippen LogP) is 2.83. The highest BCUT2D eigenvalue weighted by Crippen LogP contribution is 2.24. The molecule has 2 aromatic rings. The Morgan fingerprint density at radius 3 is 2.44 bits per heavy atom. The number of aryl methyl sites for hydroxylation is 1. The van der Waals surface area contributed by atoms with Crippen molar-refractivity contribution in [1.82, 2.24) is 9.97 Å². The summed E-state index contributed by atoms with van der Waals surface area (Å²) in [6, 6.07) is 11.2. The zero-order chi connectivity index (χ0) is 18.6. The van der Waals surface area contributed by atoms with Crippen molar-refractivity contribution in [3.8, 4) is 0 Å². The van der Waals surface area contributed by atoms with E-state index in [4.69, 9.17) is 0 Å². The molecule has 0 radical (unpaired) electrons. The second kappa shape index (κ2) is 8.13. The maximum atomic E-state index is 9.69. The summed E-state index contributed by atoms with van der Waals surface area (Å²) in [6.07, 6.45) is 5.30. The highest BCUT2D eigenvalue weighted by Gasteiger charge is 2.21. The van der Waals surface area contributed by atoms with Gasteiger partial charge < -0.3 is 20.2 Å². The summed E-state index contributed by atoms with van der Waals surface area (Å²) in [5, 5.41) is 13.3. The Morgan fingerprint density at radius 1 is 0.963 bits per heavy atom. The van der Waals surface area contributed by atoms with Gasteiger partial charge >= 0.3 is 0 Å². The molecule has 2 aliphatic heterocycles. The summed E-state index contributed by atoms with van der Waals surface area (Å²) in [4.78, 5) is 13.6. The number of hydrogen-bond acceptors (Lipinski definition) is 6. The van der Waals surface area contributed by atoms with Crippen LogP contribution in [0, 0.1) is 6.92 Å². The van der Waals surface area contributed by atoms with Crippen LogP contribution < -0.4 is 15.1 Å². The van der Waals surface area contributed by atoms with Gasteiger partial charge in [0.25, 0.3) is 0 Å². The molecular weight excluding hydrogens is 338 g/mol. The number of nitrogens with one attached hydrogen (secondary N) is 1. The third-order valence-electron chi connectivity index (χ3n) is 5.65. The number of nitrogens with zero attached hydrogens (tertiary/aromatic N) is 4. The van der Waals surface area contributed by atoms with Crippen LogP contribution in [0.5, 0.6) is 0 Å². The van der Waals surface area contributed by atoms with E-state index in [1.54, 1.807) is 6.33 Å². The van der Waals surface area contributed by atoms with Crippen molar-refractivity contribution in [2.75, 3.05) is 41.3 Å². The summed E-state index contributed by atoms with van der Waals surface area (Å²) >= 11 is 0. The lowest BCUT2D eigenvalue weighted by Gasteiger charge is -2.34. The summed E-state index contributed by atoms with van der Waals surface area (Å²) in [7, 11) is 0. The van der Waals surface area contributed by atoms with E-state index < -0.39 is 0 Å². The lowest BCUT2D eigenvalue weighted by Crippen LogP contribution is -2.39. The lowest BCUT2D eigenvalue weighted by atomic mass is 10.0. The number of hydrogen-bond donors (Lipinski definition) is 2. The van der Waals surface area contributed by atoms with Gasteiger partial charge in [-0.05, 0) is 50.3 Å². The molecule has 0 amide bonds. The van der Waals surface area contributed by atoms with Crippen molar-refractivity contribution >= 4 is 17.3 Å². The van der Waals surface area contributed by atoms with Gasteiger partial charge in [-0.1, -0.05) is 12.1 Å². The second-order valence-electron chi connectivity index (χ2n) is 7.72. The monoisotopic (exact) mass is 367 g/mol. The van der Waals surface area contributed by atoms with Crippen molar-refractivity contribution in [2.24, 2.45) is 0 Å². The minimum atomic E-state index is -0.167. The van der Waals surface area contributed by atoms with Crippen molar-refractivity contribution < 1.29 is 5.11 Å². The molecule has 0 spiro atoms. The van der Waals surface area contributed by atoms with E-state index in [1.165, 1.54) is 11.3 Å². The Morgan fingerprint density at radius 2 is 1.70 bits per heavy atom. The normalized spacial score (nSPS) is 19.3. The fraction of sp³-hybridized carbons (Fsp3) is 0.524. The van der Waals surface area contributed by atoms with E-state index in [2.05, 4.69) is 56.3 Å². The van der Waals surface area contributed by atoms with Crippen molar-refractivity contribution in [3.63, 3.8) is 0 Å². The van der Waals surface area contributed by atoms with E-state index >= 15 is 0 Å². The Kier molecular flexibility index (Phi) is 5.43. The maximum Gasteiger partial charge on any atom is 0.134 e. The first-order valence-electron chi connectivity index (χ1n) is 10.0. The third kappa shape index (κ3) is 4.50. The molecule has 144 valence electrons. The molecule has 1 aromatic carbocycles. The number of aliphatic hydroxyl groups is 1. The first-order chi connectivity index (χ1) is 13.2. The van der Waals surface area contributed by atoms with Crippen LogP contribution in [0.15, 0.2) is 36.7 Å². The number of piperidine rings is 2. The standard InChI is InChI=1S/C21H29N5O/c1-16-3-2-4-18(13-16)25-9-5-17(6-10-25)24-20-14-21(23-15-22-20)26-11-7-19(27)8-12-26/h2-4,13-15,17,19,27H,5-12H2,1H3,(H,22,23,24). The van der Waals surface area contributed by atoms with Crippen LogP contribution in [0.4, 0.5) is 17.3 Å². The number of rotatable bonds is 4.